The van der Waals surface area contributed by atoms with Gasteiger partial charge in [0.15, 0.2) is 0 Å². The molecule has 0 spiro atoms. The van der Waals surface area contributed by atoms with Crippen LogP contribution in [-0.4, -0.2) is 33.3 Å². The smallest absolute Gasteiger partial charge is 0.244 e. The number of sulfonamides is 1. The van der Waals surface area contributed by atoms with Gasteiger partial charge >= 0.3 is 0 Å². The van der Waals surface area contributed by atoms with Crippen LogP contribution in [0.1, 0.15) is 25.8 Å². The molecule has 7 heteroatoms. The van der Waals surface area contributed by atoms with Crippen molar-refractivity contribution in [3.8, 4) is 5.75 Å². The molecule has 0 unspecified atom stereocenters. The van der Waals surface area contributed by atoms with Gasteiger partial charge in [-0.05, 0) is 30.5 Å². The summed E-state index contributed by atoms with van der Waals surface area (Å²) in [6, 6.07) is 3.17. The van der Waals surface area contributed by atoms with Crippen LogP contribution in [0.15, 0.2) is 17.0 Å². The highest BCUT2D eigenvalue weighted by atomic mass is 32.2. The number of hydrogen-bond acceptors (Lipinski definition) is 5. The standard InChI is InChI=1S/C14H22N2O4S/c1-14(2,9-17)8-16-21(18,19)12-7-11(15)6-10-4-3-5-20-13(10)12/h6-7,16-17H,3-5,8-9,15H2,1-2H3. The Hall–Kier alpha value is -1.31. The molecule has 118 valence electrons. The van der Waals surface area contributed by atoms with E-state index in [0.717, 1.165) is 18.4 Å². The van der Waals surface area contributed by atoms with Crippen LogP contribution in [0, 0.1) is 5.41 Å². The highest BCUT2D eigenvalue weighted by Gasteiger charge is 2.27. The first-order valence-corrected chi connectivity index (χ1v) is 8.39. The van der Waals surface area contributed by atoms with Crippen LogP contribution in [0.4, 0.5) is 5.69 Å². The highest BCUT2D eigenvalue weighted by molar-refractivity contribution is 7.89. The summed E-state index contributed by atoms with van der Waals surface area (Å²) in [4.78, 5) is 0.0749. The molecule has 1 heterocycles. The number of anilines is 1. The van der Waals surface area contributed by atoms with Crippen LogP contribution in [-0.2, 0) is 16.4 Å². The van der Waals surface area contributed by atoms with Crippen molar-refractivity contribution >= 4 is 15.7 Å². The average Bonchev–Trinajstić information content (AvgIpc) is 2.44. The molecule has 1 aliphatic rings. The maximum absolute atomic E-state index is 12.5. The SMILES string of the molecule is CC(C)(CO)CNS(=O)(=O)c1cc(N)cc2c1OCCC2. The zero-order valence-corrected chi connectivity index (χ0v) is 13.2. The van der Waals surface area contributed by atoms with E-state index >= 15 is 0 Å². The fourth-order valence-electron chi connectivity index (χ4n) is 2.09. The van der Waals surface area contributed by atoms with Crippen LogP contribution in [0.2, 0.25) is 0 Å². The Morgan fingerprint density at radius 1 is 1.43 bits per heavy atom. The Bertz CT molecular complexity index is 626. The van der Waals surface area contributed by atoms with Crippen molar-refractivity contribution in [2.75, 3.05) is 25.5 Å². The zero-order chi connectivity index (χ0) is 15.7. The van der Waals surface area contributed by atoms with Crippen molar-refractivity contribution in [2.45, 2.75) is 31.6 Å². The molecule has 0 atom stereocenters. The predicted molar refractivity (Wildman–Crippen MR) is 80.7 cm³/mol. The highest BCUT2D eigenvalue weighted by Crippen LogP contribution is 2.34. The second-order valence-corrected chi connectivity index (χ2v) is 7.84. The van der Waals surface area contributed by atoms with E-state index in [4.69, 9.17) is 10.5 Å². The van der Waals surface area contributed by atoms with E-state index in [2.05, 4.69) is 4.72 Å². The van der Waals surface area contributed by atoms with Gasteiger partial charge in [-0.2, -0.15) is 0 Å². The van der Waals surface area contributed by atoms with Gasteiger partial charge in [-0.1, -0.05) is 13.8 Å². The first-order valence-electron chi connectivity index (χ1n) is 6.91. The Morgan fingerprint density at radius 3 is 2.81 bits per heavy atom. The molecule has 0 saturated carbocycles. The molecule has 2 rings (SSSR count). The Kier molecular flexibility index (Phi) is 4.46. The van der Waals surface area contributed by atoms with Gasteiger partial charge in [0.25, 0.3) is 0 Å². The van der Waals surface area contributed by atoms with Crippen molar-refractivity contribution in [1.82, 2.24) is 4.72 Å². The van der Waals surface area contributed by atoms with Crippen molar-refractivity contribution in [1.29, 1.82) is 0 Å². The summed E-state index contributed by atoms with van der Waals surface area (Å²) in [5.74, 6) is 0.393. The third-order valence-electron chi connectivity index (χ3n) is 3.45. The van der Waals surface area contributed by atoms with Crippen molar-refractivity contribution in [2.24, 2.45) is 5.41 Å². The number of fused-ring (bicyclic) bond motifs is 1. The average molecular weight is 314 g/mol. The molecule has 0 aromatic heterocycles. The topological polar surface area (TPSA) is 102 Å². The number of aliphatic hydroxyl groups is 1. The molecule has 1 aromatic rings. The number of nitrogens with two attached hydrogens (primary N) is 1. The minimum Gasteiger partial charge on any atom is -0.492 e. The lowest BCUT2D eigenvalue weighted by molar-refractivity contribution is 0.163. The zero-order valence-electron chi connectivity index (χ0n) is 12.3. The van der Waals surface area contributed by atoms with Crippen LogP contribution in [0.3, 0.4) is 0 Å². The number of benzene rings is 1. The normalized spacial score (nSPS) is 15.4. The van der Waals surface area contributed by atoms with E-state index < -0.39 is 15.4 Å². The maximum atomic E-state index is 12.5. The van der Waals surface area contributed by atoms with Gasteiger partial charge in [-0.25, -0.2) is 13.1 Å². The molecule has 0 aliphatic carbocycles. The minimum atomic E-state index is -3.73. The van der Waals surface area contributed by atoms with E-state index in [1.165, 1.54) is 6.07 Å². The lowest BCUT2D eigenvalue weighted by Crippen LogP contribution is -2.36. The van der Waals surface area contributed by atoms with E-state index in [1.807, 2.05) is 0 Å². The Labute approximate surface area is 125 Å². The molecule has 0 saturated heterocycles. The number of nitrogen functional groups attached to an aromatic ring is 1. The van der Waals surface area contributed by atoms with Gasteiger partial charge in [0, 0.05) is 24.3 Å². The van der Waals surface area contributed by atoms with Crippen LogP contribution in [0.5, 0.6) is 5.75 Å². The number of nitrogens with one attached hydrogen (secondary N) is 1. The second-order valence-electron chi connectivity index (χ2n) is 6.11. The minimum absolute atomic E-state index is 0.0749. The van der Waals surface area contributed by atoms with E-state index in [0.29, 0.717) is 18.0 Å². The van der Waals surface area contributed by atoms with Crippen LogP contribution in [0.25, 0.3) is 0 Å². The Balaban J connectivity index is 2.34. The number of hydrogen-bond donors (Lipinski definition) is 3. The van der Waals surface area contributed by atoms with Crippen LogP contribution < -0.4 is 15.2 Å². The fourth-order valence-corrected chi connectivity index (χ4v) is 3.56. The molecule has 1 aliphatic heterocycles. The van der Waals surface area contributed by atoms with Gasteiger partial charge in [0.05, 0.1) is 6.61 Å². The molecule has 0 bridgehead atoms. The molecule has 1 aromatic carbocycles. The molecule has 6 nitrogen and oxygen atoms in total. The largest absolute Gasteiger partial charge is 0.492 e. The summed E-state index contributed by atoms with van der Waals surface area (Å²) >= 11 is 0. The molecule has 21 heavy (non-hydrogen) atoms. The summed E-state index contributed by atoms with van der Waals surface area (Å²) in [6.07, 6.45) is 1.60. The number of ether oxygens (including phenoxy) is 1. The van der Waals surface area contributed by atoms with Gasteiger partial charge in [-0.15, -0.1) is 0 Å². The van der Waals surface area contributed by atoms with Gasteiger partial charge in [-0.3, -0.25) is 0 Å². The lowest BCUT2D eigenvalue weighted by atomic mass is 9.96. The van der Waals surface area contributed by atoms with Crippen molar-refractivity contribution < 1.29 is 18.3 Å². The van der Waals surface area contributed by atoms with Crippen molar-refractivity contribution in [3.05, 3.63) is 17.7 Å². The summed E-state index contributed by atoms with van der Waals surface area (Å²) in [7, 11) is -3.73. The third-order valence-corrected chi connectivity index (χ3v) is 4.86. The van der Waals surface area contributed by atoms with Gasteiger partial charge < -0.3 is 15.6 Å². The van der Waals surface area contributed by atoms with E-state index in [1.54, 1.807) is 19.9 Å². The summed E-state index contributed by atoms with van der Waals surface area (Å²) in [6.45, 7) is 4.08. The molecule has 0 amide bonds. The first-order chi connectivity index (χ1) is 9.75. The Morgan fingerprint density at radius 2 is 2.14 bits per heavy atom. The number of aryl methyl sites for hydroxylation is 1. The predicted octanol–water partition coefficient (Wildman–Crippen LogP) is 0.891. The van der Waals surface area contributed by atoms with E-state index in [9.17, 15) is 13.5 Å². The monoisotopic (exact) mass is 314 g/mol. The lowest BCUT2D eigenvalue weighted by Gasteiger charge is -2.24. The second kappa shape index (κ2) is 5.82. The maximum Gasteiger partial charge on any atom is 0.244 e. The number of aliphatic hydroxyl groups excluding tert-OH is 1. The molecule has 4 N–H and O–H groups in total. The summed E-state index contributed by atoms with van der Waals surface area (Å²) in [5.41, 5.74) is 6.49. The van der Waals surface area contributed by atoms with Crippen LogP contribution >= 0.6 is 0 Å². The summed E-state index contributed by atoms with van der Waals surface area (Å²) < 4.78 is 33.0. The first kappa shape index (κ1) is 16.1. The fraction of sp³-hybridized carbons (Fsp3) is 0.571. The molecule has 0 radical (unpaired) electrons. The molecular formula is C14H22N2O4S. The summed E-state index contributed by atoms with van der Waals surface area (Å²) in [5, 5.41) is 9.22. The van der Waals surface area contributed by atoms with Gasteiger partial charge in [0.2, 0.25) is 10.0 Å². The quantitative estimate of drug-likeness (QED) is 0.701. The molecule has 0 fully saturated rings. The van der Waals surface area contributed by atoms with E-state index in [-0.39, 0.29) is 18.0 Å². The molecular weight excluding hydrogens is 292 g/mol. The third kappa shape index (κ3) is 3.66. The van der Waals surface area contributed by atoms with Gasteiger partial charge in [0.1, 0.15) is 10.6 Å². The number of rotatable bonds is 5. The van der Waals surface area contributed by atoms with Crippen molar-refractivity contribution in [3.63, 3.8) is 0 Å².